The van der Waals surface area contributed by atoms with E-state index in [1.165, 1.54) is 36.4 Å². The lowest BCUT2D eigenvalue weighted by Gasteiger charge is -2.33. The molecule has 3 fully saturated rings. The molecule has 3 aliphatic rings. The summed E-state index contributed by atoms with van der Waals surface area (Å²) in [5.41, 5.74) is 2.01. The zero-order valence-corrected chi connectivity index (χ0v) is 26.0. The highest BCUT2D eigenvalue weighted by Gasteiger charge is 2.30. The molecule has 1 heterocycles. The molecule has 1 aromatic heterocycles. The van der Waals surface area contributed by atoms with Crippen molar-refractivity contribution in [3.05, 3.63) is 65.6 Å². The van der Waals surface area contributed by atoms with Gasteiger partial charge in [0.1, 0.15) is 12.2 Å². The topological polar surface area (TPSA) is 114 Å². The van der Waals surface area contributed by atoms with Gasteiger partial charge in [0.05, 0.1) is 12.7 Å². The number of carbonyl (C=O) groups excluding carboxylic acids is 3. The van der Waals surface area contributed by atoms with E-state index in [1.807, 2.05) is 30.3 Å². The zero-order chi connectivity index (χ0) is 30.7. The molecule has 3 N–H and O–H groups in total. The van der Waals surface area contributed by atoms with Crippen LogP contribution in [-0.2, 0) is 22.7 Å². The van der Waals surface area contributed by atoms with E-state index in [4.69, 9.17) is 4.74 Å². The van der Waals surface area contributed by atoms with Crippen molar-refractivity contribution < 1.29 is 19.1 Å². The van der Waals surface area contributed by atoms with Crippen molar-refractivity contribution in [3.8, 4) is 0 Å². The van der Waals surface area contributed by atoms with Crippen LogP contribution < -0.4 is 16.0 Å². The molecule has 3 aliphatic carbocycles. The standard InChI is InChI=1S/C35H49N5O4/c1-25(29-19-11-12-20-32(29)44-24-27-15-7-3-8-16-27)37-35(43)31-21-30(34(42)36-22-26-13-5-2-6-14-26)39-40(31)23-33(41)38-28-17-9-4-10-18-28/h3,7-8,15-16,21,26,28-29,32H,1-2,4-6,9-14,17-20,22-24H2,(H,36,42)(H,37,43)(H,38,41)/t29-,32+/m1/s1. The molecule has 44 heavy (non-hydrogen) atoms. The number of hydrogen-bond donors (Lipinski definition) is 3. The Kier molecular flexibility index (Phi) is 11.6. The molecule has 2 atom stereocenters. The van der Waals surface area contributed by atoms with Crippen molar-refractivity contribution in [2.24, 2.45) is 11.8 Å². The number of amides is 3. The fraction of sp³-hybridized carbons (Fsp3) is 0.600. The molecule has 0 unspecified atom stereocenters. The third-order valence-corrected chi connectivity index (χ3v) is 9.52. The molecule has 9 nitrogen and oxygen atoms in total. The van der Waals surface area contributed by atoms with Crippen molar-refractivity contribution in [3.63, 3.8) is 0 Å². The van der Waals surface area contributed by atoms with Gasteiger partial charge in [-0.1, -0.05) is 88.3 Å². The number of nitrogens with one attached hydrogen (secondary N) is 3. The maximum Gasteiger partial charge on any atom is 0.273 e. The van der Waals surface area contributed by atoms with Crippen LogP contribution in [0.5, 0.6) is 0 Å². The molecule has 3 saturated carbocycles. The van der Waals surface area contributed by atoms with Crippen LogP contribution >= 0.6 is 0 Å². The molecule has 5 rings (SSSR count). The monoisotopic (exact) mass is 603 g/mol. The van der Waals surface area contributed by atoms with E-state index in [0.717, 1.165) is 69.8 Å². The molecule has 9 heteroatoms. The molecule has 0 radical (unpaired) electrons. The van der Waals surface area contributed by atoms with Gasteiger partial charge in [-0.25, -0.2) is 4.68 Å². The average molecular weight is 604 g/mol. The molecular formula is C35H49N5O4. The van der Waals surface area contributed by atoms with Crippen LogP contribution in [0.25, 0.3) is 0 Å². The first-order chi connectivity index (χ1) is 21.5. The number of hydrogen-bond acceptors (Lipinski definition) is 5. The minimum absolute atomic E-state index is 0.0272. The van der Waals surface area contributed by atoms with Gasteiger partial charge in [0.2, 0.25) is 5.91 Å². The average Bonchev–Trinajstić information content (AvgIpc) is 3.48. The minimum atomic E-state index is -0.424. The predicted octanol–water partition coefficient (Wildman–Crippen LogP) is 5.66. The highest BCUT2D eigenvalue weighted by Crippen LogP contribution is 2.31. The maximum atomic E-state index is 13.7. The molecule has 0 saturated heterocycles. The van der Waals surface area contributed by atoms with Crippen LogP contribution in [0, 0.1) is 11.8 Å². The molecule has 238 valence electrons. The Morgan fingerprint density at radius 2 is 1.55 bits per heavy atom. The van der Waals surface area contributed by atoms with Gasteiger partial charge < -0.3 is 20.7 Å². The summed E-state index contributed by atoms with van der Waals surface area (Å²) in [6, 6.07) is 11.7. The number of rotatable bonds is 12. The van der Waals surface area contributed by atoms with E-state index in [0.29, 0.717) is 24.8 Å². The second-order valence-electron chi connectivity index (χ2n) is 12.9. The van der Waals surface area contributed by atoms with Crippen LogP contribution in [0.15, 0.2) is 48.7 Å². The first-order valence-corrected chi connectivity index (χ1v) is 16.8. The number of ether oxygens (including phenoxy) is 1. The number of aromatic nitrogens is 2. The fourth-order valence-electron chi connectivity index (χ4n) is 6.98. The molecule has 0 aliphatic heterocycles. The van der Waals surface area contributed by atoms with Crippen molar-refractivity contribution in [2.45, 2.75) is 115 Å². The number of nitrogens with zero attached hydrogens (tertiary/aromatic N) is 2. The van der Waals surface area contributed by atoms with E-state index in [-0.39, 0.29) is 47.8 Å². The summed E-state index contributed by atoms with van der Waals surface area (Å²) in [7, 11) is 0. The number of benzene rings is 1. The van der Waals surface area contributed by atoms with Gasteiger partial charge in [-0.05, 0) is 50.0 Å². The third-order valence-electron chi connectivity index (χ3n) is 9.52. The van der Waals surface area contributed by atoms with E-state index >= 15 is 0 Å². The molecule has 0 spiro atoms. The Bertz CT molecular complexity index is 1260. The fourth-order valence-corrected chi connectivity index (χ4v) is 6.98. The van der Waals surface area contributed by atoms with Gasteiger partial charge in [0, 0.05) is 30.3 Å². The maximum absolute atomic E-state index is 13.7. The van der Waals surface area contributed by atoms with Crippen LogP contribution in [0.3, 0.4) is 0 Å². The van der Waals surface area contributed by atoms with E-state index < -0.39 is 5.91 Å². The Balaban J connectivity index is 1.26. The Morgan fingerprint density at radius 3 is 2.30 bits per heavy atom. The Labute approximate surface area is 261 Å². The first-order valence-electron chi connectivity index (χ1n) is 16.8. The molecule has 1 aromatic carbocycles. The summed E-state index contributed by atoms with van der Waals surface area (Å²) < 4.78 is 7.68. The summed E-state index contributed by atoms with van der Waals surface area (Å²) in [6.07, 6.45) is 15.0. The van der Waals surface area contributed by atoms with Crippen molar-refractivity contribution in [1.29, 1.82) is 0 Å². The van der Waals surface area contributed by atoms with Crippen molar-refractivity contribution in [1.82, 2.24) is 25.7 Å². The summed E-state index contributed by atoms with van der Waals surface area (Å²) in [4.78, 5) is 39.8. The van der Waals surface area contributed by atoms with Crippen molar-refractivity contribution in [2.75, 3.05) is 6.54 Å². The lowest BCUT2D eigenvalue weighted by Crippen LogP contribution is -2.39. The smallest absolute Gasteiger partial charge is 0.273 e. The largest absolute Gasteiger partial charge is 0.373 e. The van der Waals surface area contributed by atoms with Crippen molar-refractivity contribution >= 4 is 17.7 Å². The minimum Gasteiger partial charge on any atom is -0.373 e. The van der Waals surface area contributed by atoms with Gasteiger partial charge in [-0.2, -0.15) is 5.10 Å². The van der Waals surface area contributed by atoms with Gasteiger partial charge >= 0.3 is 0 Å². The second kappa shape index (κ2) is 16.0. The second-order valence-corrected chi connectivity index (χ2v) is 12.9. The summed E-state index contributed by atoms with van der Waals surface area (Å²) in [6.45, 7) is 5.21. The van der Waals surface area contributed by atoms with E-state index in [2.05, 4.69) is 27.6 Å². The zero-order valence-electron chi connectivity index (χ0n) is 26.0. The van der Waals surface area contributed by atoms with E-state index in [1.54, 1.807) is 0 Å². The molecule has 0 bridgehead atoms. The quantitative estimate of drug-likeness (QED) is 0.290. The molecule has 3 amide bonds. The highest BCUT2D eigenvalue weighted by molar-refractivity contribution is 5.98. The van der Waals surface area contributed by atoms with Gasteiger partial charge in [0.25, 0.3) is 11.8 Å². The van der Waals surface area contributed by atoms with Crippen LogP contribution in [0.1, 0.15) is 116 Å². The van der Waals surface area contributed by atoms with Gasteiger partial charge in [0.15, 0.2) is 5.69 Å². The van der Waals surface area contributed by atoms with Gasteiger partial charge in [-0.15, -0.1) is 0 Å². The third kappa shape index (κ3) is 9.03. The lowest BCUT2D eigenvalue weighted by molar-refractivity contribution is -0.122. The summed E-state index contributed by atoms with van der Waals surface area (Å²) >= 11 is 0. The highest BCUT2D eigenvalue weighted by atomic mass is 16.5. The molecule has 2 aromatic rings. The predicted molar refractivity (Wildman–Crippen MR) is 170 cm³/mol. The Hall–Kier alpha value is -3.46. The van der Waals surface area contributed by atoms with E-state index in [9.17, 15) is 14.4 Å². The summed E-state index contributed by atoms with van der Waals surface area (Å²) in [5.74, 6) is -0.512. The first kappa shape index (κ1) is 31.9. The lowest BCUT2D eigenvalue weighted by atomic mass is 9.84. The van der Waals surface area contributed by atoms with Crippen LogP contribution in [0.4, 0.5) is 0 Å². The van der Waals surface area contributed by atoms with Gasteiger partial charge in [-0.3, -0.25) is 14.4 Å². The molecular weight excluding hydrogens is 554 g/mol. The Morgan fingerprint density at radius 1 is 0.864 bits per heavy atom. The number of carbonyl (C=O) groups is 3. The normalized spacial score (nSPS) is 21.4. The summed E-state index contributed by atoms with van der Waals surface area (Å²) in [5, 5.41) is 13.6. The van der Waals surface area contributed by atoms with Crippen LogP contribution in [0.2, 0.25) is 0 Å². The SMILES string of the molecule is C=C(NC(=O)c1cc(C(=O)NCC2CCCCC2)nn1CC(=O)NC1CCCCC1)[C@H]1CCCC[C@@H]1OCc1ccccc1. The van der Waals surface area contributed by atoms with Crippen LogP contribution in [-0.4, -0.2) is 46.2 Å².